The van der Waals surface area contributed by atoms with Crippen LogP contribution in [0, 0.1) is 0 Å². The molecule has 2 amide bonds. The number of benzene rings is 1. The number of carbonyl (C=O) groups is 3. The molecule has 172 valence electrons. The Bertz CT molecular complexity index is 855. The second-order valence-electron chi connectivity index (χ2n) is 7.27. The van der Waals surface area contributed by atoms with Crippen LogP contribution >= 0.6 is 0 Å². The molecular weight excluding hydrogens is 426 g/mol. The fourth-order valence-corrected chi connectivity index (χ4v) is 4.60. The van der Waals surface area contributed by atoms with E-state index in [9.17, 15) is 22.8 Å². The van der Waals surface area contributed by atoms with Crippen LogP contribution in [0.1, 0.15) is 25.3 Å². The van der Waals surface area contributed by atoms with Gasteiger partial charge in [-0.3, -0.25) is 14.4 Å². The fourth-order valence-electron chi connectivity index (χ4n) is 3.27. The van der Waals surface area contributed by atoms with Crippen molar-refractivity contribution in [2.75, 3.05) is 39.4 Å². The van der Waals surface area contributed by atoms with Gasteiger partial charge in [0.15, 0.2) is 0 Å². The van der Waals surface area contributed by atoms with Crippen LogP contribution in [0.3, 0.4) is 0 Å². The smallest absolute Gasteiger partial charge is 0.323 e. The van der Waals surface area contributed by atoms with Crippen molar-refractivity contribution < 1.29 is 32.6 Å². The van der Waals surface area contributed by atoms with Gasteiger partial charge in [0.2, 0.25) is 21.8 Å². The molecule has 1 unspecified atom stereocenters. The molecule has 2 rings (SSSR count). The molecule has 0 spiro atoms. The van der Waals surface area contributed by atoms with E-state index in [1.165, 1.54) is 4.90 Å². The first kappa shape index (κ1) is 24.8. The third-order valence-electron chi connectivity index (χ3n) is 4.69. The Morgan fingerprint density at radius 1 is 1.19 bits per heavy atom. The maximum Gasteiger partial charge on any atom is 0.323 e. The van der Waals surface area contributed by atoms with Gasteiger partial charge < -0.3 is 19.6 Å². The molecule has 31 heavy (non-hydrogen) atoms. The van der Waals surface area contributed by atoms with Gasteiger partial charge in [-0.1, -0.05) is 37.3 Å². The zero-order chi connectivity index (χ0) is 22.9. The predicted octanol–water partition coefficient (Wildman–Crippen LogP) is 0.0467. The molecule has 1 aliphatic rings. The minimum atomic E-state index is -3.97. The number of hydrogen-bond donors (Lipinski definition) is 2. The molecule has 1 saturated heterocycles. The van der Waals surface area contributed by atoms with Crippen molar-refractivity contribution in [2.24, 2.45) is 0 Å². The molecule has 0 aromatic heterocycles. The van der Waals surface area contributed by atoms with Crippen LogP contribution in [0.25, 0.3) is 0 Å². The first-order chi connectivity index (χ1) is 14.7. The van der Waals surface area contributed by atoms with Crippen LogP contribution < -0.4 is 4.72 Å². The zero-order valence-corrected chi connectivity index (χ0v) is 18.3. The summed E-state index contributed by atoms with van der Waals surface area (Å²) in [7, 11) is -3.97. The van der Waals surface area contributed by atoms with Crippen molar-refractivity contribution in [2.45, 2.75) is 31.6 Å². The lowest BCUT2D eigenvalue weighted by atomic mass is 10.1. The average molecular weight is 456 g/mol. The summed E-state index contributed by atoms with van der Waals surface area (Å²) in [6, 6.07) is 7.04. The lowest BCUT2D eigenvalue weighted by Crippen LogP contribution is -2.53. The van der Waals surface area contributed by atoms with Crippen LogP contribution in [0.2, 0.25) is 0 Å². The Balaban J connectivity index is 2.21. The Labute approximate surface area is 182 Å². The Morgan fingerprint density at radius 2 is 1.84 bits per heavy atom. The van der Waals surface area contributed by atoms with E-state index in [-0.39, 0.29) is 12.3 Å². The van der Waals surface area contributed by atoms with E-state index in [0.29, 0.717) is 38.3 Å². The van der Waals surface area contributed by atoms with E-state index >= 15 is 0 Å². The van der Waals surface area contributed by atoms with Crippen molar-refractivity contribution in [3.05, 3.63) is 35.9 Å². The lowest BCUT2D eigenvalue weighted by Gasteiger charge is -2.30. The Hall–Kier alpha value is -2.50. The van der Waals surface area contributed by atoms with E-state index in [2.05, 4.69) is 4.72 Å². The number of rotatable bonds is 11. The normalized spacial score (nSPS) is 15.3. The van der Waals surface area contributed by atoms with Crippen LogP contribution in [0.15, 0.2) is 30.3 Å². The topological polar surface area (TPSA) is 133 Å². The van der Waals surface area contributed by atoms with Crippen molar-refractivity contribution in [3.63, 3.8) is 0 Å². The van der Waals surface area contributed by atoms with Gasteiger partial charge in [-0.25, -0.2) is 13.1 Å². The highest BCUT2D eigenvalue weighted by atomic mass is 32.2. The van der Waals surface area contributed by atoms with Gasteiger partial charge in [-0.2, -0.15) is 0 Å². The molecule has 11 heteroatoms. The number of carboxylic acids is 1. The molecule has 1 aromatic carbocycles. The van der Waals surface area contributed by atoms with Crippen molar-refractivity contribution in [1.29, 1.82) is 0 Å². The molecule has 1 heterocycles. The summed E-state index contributed by atoms with van der Waals surface area (Å²) in [6.45, 7) is 2.77. The number of aliphatic carboxylic acids is 1. The summed E-state index contributed by atoms with van der Waals surface area (Å²) in [4.78, 5) is 39.5. The molecule has 0 saturated carbocycles. The summed E-state index contributed by atoms with van der Waals surface area (Å²) in [5, 5.41) is 9.13. The minimum Gasteiger partial charge on any atom is -0.480 e. The molecule has 1 aliphatic heterocycles. The molecule has 0 radical (unpaired) electrons. The van der Waals surface area contributed by atoms with E-state index < -0.39 is 46.8 Å². The Morgan fingerprint density at radius 3 is 2.42 bits per heavy atom. The predicted molar refractivity (Wildman–Crippen MR) is 113 cm³/mol. The van der Waals surface area contributed by atoms with Gasteiger partial charge in [0, 0.05) is 19.6 Å². The molecule has 2 N–H and O–H groups in total. The number of hydrogen-bond acceptors (Lipinski definition) is 6. The quantitative estimate of drug-likeness (QED) is 0.481. The molecule has 1 fully saturated rings. The number of ether oxygens (including phenoxy) is 1. The second-order valence-corrected chi connectivity index (χ2v) is 9.02. The van der Waals surface area contributed by atoms with Gasteiger partial charge in [0.05, 0.1) is 25.4 Å². The number of carbonyl (C=O) groups excluding carboxylic acids is 2. The van der Waals surface area contributed by atoms with Crippen LogP contribution in [0.5, 0.6) is 0 Å². The maximum absolute atomic E-state index is 13.1. The fraction of sp³-hybridized carbons (Fsp3) is 0.550. The van der Waals surface area contributed by atoms with Crippen molar-refractivity contribution in [1.82, 2.24) is 14.5 Å². The van der Waals surface area contributed by atoms with Gasteiger partial charge in [-0.05, 0) is 12.0 Å². The molecule has 1 aromatic rings. The monoisotopic (exact) mass is 455 g/mol. The van der Waals surface area contributed by atoms with Crippen molar-refractivity contribution in [3.8, 4) is 0 Å². The number of nitrogens with zero attached hydrogens (tertiary/aromatic N) is 2. The maximum atomic E-state index is 13.1. The summed E-state index contributed by atoms with van der Waals surface area (Å²) in [5.74, 6) is -2.71. The number of nitrogens with one attached hydrogen (secondary N) is 1. The largest absolute Gasteiger partial charge is 0.480 e. The first-order valence-corrected chi connectivity index (χ1v) is 11.8. The van der Waals surface area contributed by atoms with Gasteiger partial charge in [0.1, 0.15) is 12.6 Å². The number of sulfonamides is 1. The first-order valence-electron chi connectivity index (χ1n) is 10.1. The van der Waals surface area contributed by atoms with E-state index in [4.69, 9.17) is 9.84 Å². The average Bonchev–Trinajstić information content (AvgIpc) is 2.73. The van der Waals surface area contributed by atoms with E-state index in [0.717, 1.165) is 4.90 Å². The van der Waals surface area contributed by atoms with Crippen LogP contribution in [0.4, 0.5) is 0 Å². The summed E-state index contributed by atoms with van der Waals surface area (Å²) in [5.41, 5.74) is 0.525. The number of carboxylic acid groups (broad SMARTS) is 1. The van der Waals surface area contributed by atoms with E-state index in [1.54, 1.807) is 37.3 Å². The number of amides is 2. The van der Waals surface area contributed by atoms with E-state index in [1.807, 2.05) is 0 Å². The third kappa shape index (κ3) is 8.27. The SMILES string of the molecule is CCCN(CC(=O)O)C(=O)C(CC(=O)N1CCOCC1)NS(=O)(=O)Cc1ccccc1. The highest BCUT2D eigenvalue weighted by Gasteiger charge is 2.33. The molecule has 0 bridgehead atoms. The molecular formula is C20H29N3O7S. The van der Waals surface area contributed by atoms with Gasteiger partial charge in [0.25, 0.3) is 0 Å². The number of morpholine rings is 1. The zero-order valence-electron chi connectivity index (χ0n) is 17.5. The summed E-state index contributed by atoms with van der Waals surface area (Å²) >= 11 is 0. The van der Waals surface area contributed by atoms with Crippen molar-refractivity contribution >= 4 is 27.8 Å². The molecule has 0 aliphatic carbocycles. The highest BCUT2D eigenvalue weighted by Crippen LogP contribution is 2.11. The Kier molecular flexibility index (Phi) is 9.41. The second kappa shape index (κ2) is 11.8. The highest BCUT2D eigenvalue weighted by molar-refractivity contribution is 7.88. The summed E-state index contributed by atoms with van der Waals surface area (Å²) < 4.78 is 33.0. The minimum absolute atomic E-state index is 0.133. The van der Waals surface area contributed by atoms with Crippen LogP contribution in [-0.4, -0.2) is 86.5 Å². The summed E-state index contributed by atoms with van der Waals surface area (Å²) in [6.07, 6.45) is 0.0899. The van der Waals surface area contributed by atoms with Crippen LogP contribution in [-0.2, 0) is 34.9 Å². The molecule has 10 nitrogen and oxygen atoms in total. The van der Waals surface area contributed by atoms with Gasteiger partial charge in [-0.15, -0.1) is 0 Å². The lowest BCUT2D eigenvalue weighted by molar-refractivity contribution is -0.146. The standard InChI is InChI=1S/C20H29N3O7S/c1-2-8-23(14-19(25)26)20(27)17(13-18(24)22-9-11-30-12-10-22)21-31(28,29)15-16-6-4-3-5-7-16/h3-7,17,21H,2,8-15H2,1H3,(H,25,26). The third-order valence-corrected chi connectivity index (χ3v) is 6.05. The van der Waals surface area contributed by atoms with Gasteiger partial charge >= 0.3 is 5.97 Å². The molecule has 1 atom stereocenters.